The third kappa shape index (κ3) is 3.88. The zero-order chi connectivity index (χ0) is 17.7. The van der Waals surface area contributed by atoms with Gasteiger partial charge in [-0.1, -0.05) is 13.3 Å². The Labute approximate surface area is 144 Å². The Hall–Kier alpha value is -2.06. The summed E-state index contributed by atoms with van der Waals surface area (Å²) >= 11 is 0. The molecule has 1 aliphatic rings. The van der Waals surface area contributed by atoms with E-state index in [0.29, 0.717) is 13.1 Å². The van der Waals surface area contributed by atoms with E-state index >= 15 is 0 Å². The Bertz CT molecular complexity index is 667. The molecule has 0 aliphatic carbocycles. The van der Waals surface area contributed by atoms with Crippen molar-refractivity contribution in [3.05, 3.63) is 28.6 Å². The molecular formula is C19H27N3O2. The van der Waals surface area contributed by atoms with Crippen molar-refractivity contribution in [2.45, 2.75) is 46.6 Å². The Balaban J connectivity index is 2.22. The number of amides is 1. The van der Waals surface area contributed by atoms with Crippen LogP contribution < -0.4 is 0 Å². The van der Waals surface area contributed by atoms with Crippen LogP contribution in [0.15, 0.2) is 11.6 Å². The predicted octanol–water partition coefficient (Wildman–Crippen LogP) is 2.65. The first kappa shape index (κ1) is 18.3. The smallest absolute Gasteiger partial charge is 0.264 e. The number of carbonyl (C=O) groups is 1. The number of hydrogen-bond acceptors (Lipinski definition) is 3. The maximum atomic E-state index is 12.6. The second kappa shape index (κ2) is 8.16. The third-order valence-corrected chi connectivity index (χ3v) is 4.83. The molecule has 5 heteroatoms. The summed E-state index contributed by atoms with van der Waals surface area (Å²) in [6.45, 7) is 8.45. The molecular weight excluding hydrogens is 302 g/mol. The fourth-order valence-electron chi connectivity index (χ4n) is 3.27. The van der Waals surface area contributed by atoms with E-state index in [2.05, 4.69) is 24.5 Å². The van der Waals surface area contributed by atoms with E-state index in [1.54, 1.807) is 11.0 Å². The number of nitrogens with zero attached hydrogens (tertiary/aromatic N) is 3. The molecule has 0 spiro atoms. The van der Waals surface area contributed by atoms with Crippen LogP contribution in [0.4, 0.5) is 0 Å². The molecule has 130 valence electrons. The molecule has 5 nitrogen and oxygen atoms in total. The highest BCUT2D eigenvalue weighted by Gasteiger charge is 2.27. The van der Waals surface area contributed by atoms with Crippen LogP contribution >= 0.6 is 0 Å². The van der Waals surface area contributed by atoms with Crippen molar-refractivity contribution in [1.82, 2.24) is 9.47 Å². The summed E-state index contributed by atoms with van der Waals surface area (Å²) in [4.78, 5) is 14.2. The van der Waals surface area contributed by atoms with Gasteiger partial charge in [-0.3, -0.25) is 4.79 Å². The average molecular weight is 329 g/mol. The molecule has 1 fully saturated rings. The van der Waals surface area contributed by atoms with Crippen LogP contribution in [0.2, 0.25) is 0 Å². The van der Waals surface area contributed by atoms with Gasteiger partial charge in [0.1, 0.15) is 11.6 Å². The molecule has 1 aromatic heterocycles. The number of aliphatic hydroxyl groups excluding tert-OH is 1. The van der Waals surface area contributed by atoms with Crippen molar-refractivity contribution in [3.63, 3.8) is 0 Å². The van der Waals surface area contributed by atoms with Crippen LogP contribution in [0, 0.1) is 31.1 Å². The lowest BCUT2D eigenvalue weighted by Crippen LogP contribution is -2.30. The van der Waals surface area contributed by atoms with E-state index in [-0.39, 0.29) is 24.0 Å². The van der Waals surface area contributed by atoms with Gasteiger partial charge < -0.3 is 14.6 Å². The van der Waals surface area contributed by atoms with Gasteiger partial charge in [-0.15, -0.1) is 0 Å². The molecule has 2 rings (SSSR count). The average Bonchev–Trinajstić information content (AvgIpc) is 3.16. The van der Waals surface area contributed by atoms with E-state index in [4.69, 9.17) is 0 Å². The molecule has 1 saturated heterocycles. The maximum absolute atomic E-state index is 12.6. The number of nitriles is 1. The molecule has 1 amide bonds. The monoisotopic (exact) mass is 329 g/mol. The van der Waals surface area contributed by atoms with Crippen LogP contribution in [0.1, 0.15) is 43.1 Å². The summed E-state index contributed by atoms with van der Waals surface area (Å²) in [5.41, 5.74) is 3.35. The normalized spacial score (nSPS) is 18.0. The van der Waals surface area contributed by atoms with E-state index in [1.165, 1.54) is 0 Å². The number of carbonyl (C=O) groups excluding carboxylic acids is 1. The minimum absolute atomic E-state index is 0.0912. The number of aromatic nitrogens is 1. The van der Waals surface area contributed by atoms with Crippen molar-refractivity contribution in [2.24, 2.45) is 5.92 Å². The summed E-state index contributed by atoms with van der Waals surface area (Å²) in [7, 11) is 0. The van der Waals surface area contributed by atoms with Crippen molar-refractivity contribution in [1.29, 1.82) is 5.26 Å². The third-order valence-electron chi connectivity index (χ3n) is 4.83. The molecule has 1 atom stereocenters. The van der Waals surface area contributed by atoms with Gasteiger partial charge in [-0.25, -0.2) is 0 Å². The summed E-state index contributed by atoms with van der Waals surface area (Å²) < 4.78 is 2.24. The Morgan fingerprint density at radius 3 is 2.83 bits per heavy atom. The van der Waals surface area contributed by atoms with Gasteiger partial charge in [0.2, 0.25) is 0 Å². The Morgan fingerprint density at radius 2 is 2.25 bits per heavy atom. The lowest BCUT2D eigenvalue weighted by Gasteiger charge is -2.15. The first-order valence-corrected chi connectivity index (χ1v) is 8.70. The van der Waals surface area contributed by atoms with Gasteiger partial charge in [0, 0.05) is 43.5 Å². The number of likely N-dealkylation sites (tertiary alicyclic amines) is 1. The molecule has 1 unspecified atom stereocenters. The van der Waals surface area contributed by atoms with Crippen molar-refractivity contribution < 1.29 is 9.90 Å². The highest BCUT2D eigenvalue weighted by molar-refractivity contribution is 6.02. The Morgan fingerprint density at radius 1 is 1.50 bits per heavy atom. The number of aryl methyl sites for hydroxylation is 1. The number of hydrogen-bond donors (Lipinski definition) is 1. The Kier molecular flexibility index (Phi) is 6.22. The van der Waals surface area contributed by atoms with E-state index in [9.17, 15) is 15.2 Å². The molecule has 0 radical (unpaired) electrons. The molecule has 0 saturated carbocycles. The standard InChI is InChI=1S/C19H27N3O2/c1-4-5-7-22-14(2)9-17(15(22)3)10-18(11-20)19(24)21-8-6-16(12-21)13-23/h9-10,16,23H,4-8,12-13H2,1-3H3/b18-10-. The number of rotatable bonds is 6. The van der Waals surface area contributed by atoms with Crippen LogP contribution in [0.3, 0.4) is 0 Å². The maximum Gasteiger partial charge on any atom is 0.264 e. The van der Waals surface area contributed by atoms with E-state index < -0.39 is 0 Å². The molecule has 2 heterocycles. The fraction of sp³-hybridized carbons (Fsp3) is 0.579. The minimum atomic E-state index is -0.230. The highest BCUT2D eigenvalue weighted by atomic mass is 16.3. The van der Waals surface area contributed by atoms with Gasteiger partial charge in [-0.2, -0.15) is 5.26 Å². The van der Waals surface area contributed by atoms with Crippen LogP contribution in [-0.2, 0) is 11.3 Å². The van der Waals surface area contributed by atoms with Crippen molar-refractivity contribution >= 4 is 12.0 Å². The topological polar surface area (TPSA) is 69.3 Å². The first-order valence-electron chi connectivity index (χ1n) is 8.70. The SMILES string of the molecule is CCCCn1c(C)cc(/C=C(/C#N)C(=O)N2CCC(CO)C2)c1C. The molecule has 1 aromatic rings. The second-order valence-electron chi connectivity index (χ2n) is 6.59. The summed E-state index contributed by atoms with van der Waals surface area (Å²) in [5.74, 6) is -0.0974. The largest absolute Gasteiger partial charge is 0.396 e. The molecule has 24 heavy (non-hydrogen) atoms. The molecule has 1 N–H and O–H groups in total. The van der Waals surface area contributed by atoms with Crippen molar-refractivity contribution in [2.75, 3.05) is 19.7 Å². The minimum Gasteiger partial charge on any atom is -0.396 e. The lowest BCUT2D eigenvalue weighted by molar-refractivity contribution is -0.125. The van der Waals surface area contributed by atoms with Gasteiger partial charge in [0.05, 0.1) is 0 Å². The predicted molar refractivity (Wildman–Crippen MR) is 94.2 cm³/mol. The van der Waals surface area contributed by atoms with Crippen LogP contribution in [-0.4, -0.2) is 40.2 Å². The van der Waals surface area contributed by atoms with E-state index in [0.717, 1.165) is 42.8 Å². The second-order valence-corrected chi connectivity index (χ2v) is 6.59. The summed E-state index contributed by atoms with van der Waals surface area (Å²) in [5, 5.41) is 18.6. The van der Waals surface area contributed by atoms with Crippen LogP contribution in [0.5, 0.6) is 0 Å². The first-order chi connectivity index (χ1) is 11.5. The van der Waals surface area contributed by atoms with Gasteiger partial charge in [-0.05, 0) is 44.4 Å². The summed E-state index contributed by atoms with van der Waals surface area (Å²) in [6, 6.07) is 4.10. The molecule has 1 aliphatic heterocycles. The molecule has 0 bridgehead atoms. The van der Waals surface area contributed by atoms with Gasteiger partial charge in [0.15, 0.2) is 0 Å². The molecule has 0 aromatic carbocycles. The van der Waals surface area contributed by atoms with E-state index in [1.807, 2.05) is 13.0 Å². The highest BCUT2D eigenvalue weighted by Crippen LogP contribution is 2.22. The van der Waals surface area contributed by atoms with Crippen LogP contribution in [0.25, 0.3) is 6.08 Å². The van der Waals surface area contributed by atoms with Crippen molar-refractivity contribution in [3.8, 4) is 6.07 Å². The summed E-state index contributed by atoms with van der Waals surface area (Å²) in [6.07, 6.45) is 4.75. The van der Waals surface area contributed by atoms with Gasteiger partial charge >= 0.3 is 0 Å². The zero-order valence-corrected chi connectivity index (χ0v) is 14.9. The number of aliphatic hydroxyl groups is 1. The quantitative estimate of drug-likeness (QED) is 0.644. The zero-order valence-electron chi connectivity index (χ0n) is 14.9. The van der Waals surface area contributed by atoms with Gasteiger partial charge in [0.25, 0.3) is 5.91 Å². The number of unbranched alkanes of at least 4 members (excludes halogenated alkanes) is 1. The fourth-order valence-corrected chi connectivity index (χ4v) is 3.27. The lowest BCUT2D eigenvalue weighted by atomic mass is 10.1.